The highest BCUT2D eigenvalue weighted by Crippen LogP contribution is 2.32. The molecule has 1 atom stereocenters. The number of para-hydroxylation sites is 2. The SMILES string of the molecule is O=C1CC(c2nc3ccccc3n2Cc2cccc3ccccc23)CN1Cc1ccc(F)cc1. The summed E-state index contributed by atoms with van der Waals surface area (Å²) < 4.78 is 15.6. The van der Waals surface area contributed by atoms with Crippen LogP contribution in [-0.4, -0.2) is 26.9 Å². The summed E-state index contributed by atoms with van der Waals surface area (Å²) in [4.78, 5) is 19.8. The van der Waals surface area contributed by atoms with Gasteiger partial charge in [-0.25, -0.2) is 9.37 Å². The number of fused-ring (bicyclic) bond motifs is 2. The molecule has 1 aliphatic rings. The van der Waals surface area contributed by atoms with E-state index in [1.54, 1.807) is 12.1 Å². The first-order valence-corrected chi connectivity index (χ1v) is 11.6. The Labute approximate surface area is 197 Å². The Balaban J connectivity index is 1.35. The monoisotopic (exact) mass is 449 g/mol. The maximum Gasteiger partial charge on any atom is 0.223 e. The van der Waals surface area contributed by atoms with Gasteiger partial charge in [-0.1, -0.05) is 66.7 Å². The third-order valence-corrected chi connectivity index (χ3v) is 6.76. The van der Waals surface area contributed by atoms with E-state index in [2.05, 4.69) is 53.1 Å². The molecule has 168 valence electrons. The molecule has 1 saturated heterocycles. The summed E-state index contributed by atoms with van der Waals surface area (Å²) in [6, 6.07) is 29.4. The fourth-order valence-electron chi connectivity index (χ4n) is 5.08. The van der Waals surface area contributed by atoms with Crippen molar-refractivity contribution >= 4 is 27.7 Å². The van der Waals surface area contributed by atoms with Gasteiger partial charge in [-0.05, 0) is 46.2 Å². The average Bonchev–Trinajstić information content (AvgIpc) is 3.41. The molecule has 6 rings (SSSR count). The van der Waals surface area contributed by atoms with Crippen LogP contribution in [0.3, 0.4) is 0 Å². The van der Waals surface area contributed by atoms with Gasteiger partial charge in [0.25, 0.3) is 0 Å². The van der Waals surface area contributed by atoms with Crippen molar-refractivity contribution in [3.63, 3.8) is 0 Å². The van der Waals surface area contributed by atoms with Gasteiger partial charge in [0, 0.05) is 32.0 Å². The molecular weight excluding hydrogens is 425 g/mol. The van der Waals surface area contributed by atoms with Gasteiger partial charge in [0.15, 0.2) is 0 Å². The minimum atomic E-state index is -0.267. The van der Waals surface area contributed by atoms with Crippen molar-refractivity contribution in [1.82, 2.24) is 14.5 Å². The third kappa shape index (κ3) is 3.73. The van der Waals surface area contributed by atoms with Gasteiger partial charge >= 0.3 is 0 Å². The highest BCUT2D eigenvalue weighted by molar-refractivity contribution is 5.86. The molecular formula is C29H24FN3O. The van der Waals surface area contributed by atoms with Crippen LogP contribution in [0.15, 0.2) is 91.0 Å². The summed E-state index contributed by atoms with van der Waals surface area (Å²) >= 11 is 0. The highest BCUT2D eigenvalue weighted by atomic mass is 19.1. The van der Waals surface area contributed by atoms with E-state index in [-0.39, 0.29) is 17.6 Å². The number of benzene rings is 4. The number of imidazole rings is 1. The summed E-state index contributed by atoms with van der Waals surface area (Å²) in [6.45, 7) is 1.79. The number of halogens is 1. The molecule has 0 saturated carbocycles. The average molecular weight is 450 g/mol. The number of likely N-dealkylation sites (tertiary alicyclic amines) is 1. The molecule has 0 spiro atoms. The van der Waals surface area contributed by atoms with E-state index < -0.39 is 0 Å². The van der Waals surface area contributed by atoms with Gasteiger partial charge in [-0.15, -0.1) is 0 Å². The first-order valence-electron chi connectivity index (χ1n) is 11.6. The Morgan fingerprint density at radius 1 is 0.853 bits per heavy atom. The molecule has 5 aromatic rings. The van der Waals surface area contributed by atoms with Gasteiger partial charge in [-0.2, -0.15) is 0 Å². The molecule has 0 N–H and O–H groups in total. The molecule has 1 aromatic heterocycles. The fourth-order valence-corrected chi connectivity index (χ4v) is 5.08. The molecule has 4 nitrogen and oxygen atoms in total. The number of hydrogen-bond donors (Lipinski definition) is 0. The van der Waals surface area contributed by atoms with E-state index in [0.717, 1.165) is 22.4 Å². The summed E-state index contributed by atoms with van der Waals surface area (Å²) in [6.07, 6.45) is 0.431. The van der Waals surface area contributed by atoms with Crippen molar-refractivity contribution in [1.29, 1.82) is 0 Å². The zero-order valence-corrected chi connectivity index (χ0v) is 18.7. The van der Waals surface area contributed by atoms with Crippen LogP contribution in [0.2, 0.25) is 0 Å². The van der Waals surface area contributed by atoms with Crippen molar-refractivity contribution in [2.45, 2.75) is 25.4 Å². The van der Waals surface area contributed by atoms with Crippen molar-refractivity contribution < 1.29 is 9.18 Å². The maximum absolute atomic E-state index is 13.3. The van der Waals surface area contributed by atoms with E-state index in [9.17, 15) is 9.18 Å². The van der Waals surface area contributed by atoms with Gasteiger partial charge in [0.1, 0.15) is 11.6 Å². The molecule has 4 aromatic carbocycles. The smallest absolute Gasteiger partial charge is 0.223 e. The van der Waals surface area contributed by atoms with Gasteiger partial charge in [0.2, 0.25) is 5.91 Å². The van der Waals surface area contributed by atoms with Crippen LogP contribution < -0.4 is 0 Å². The van der Waals surface area contributed by atoms with Crippen LogP contribution in [0.1, 0.15) is 29.3 Å². The van der Waals surface area contributed by atoms with E-state index in [1.165, 1.54) is 28.5 Å². The van der Waals surface area contributed by atoms with Crippen LogP contribution in [-0.2, 0) is 17.9 Å². The number of carbonyl (C=O) groups is 1. The number of aromatic nitrogens is 2. The second-order valence-electron chi connectivity index (χ2n) is 8.98. The quantitative estimate of drug-likeness (QED) is 0.335. The van der Waals surface area contributed by atoms with Crippen molar-refractivity contribution in [2.75, 3.05) is 6.54 Å². The number of amides is 1. The Morgan fingerprint density at radius 2 is 1.62 bits per heavy atom. The second kappa shape index (κ2) is 8.41. The summed E-state index contributed by atoms with van der Waals surface area (Å²) in [5.74, 6) is 0.800. The van der Waals surface area contributed by atoms with E-state index in [1.807, 2.05) is 23.1 Å². The van der Waals surface area contributed by atoms with Crippen LogP contribution in [0.4, 0.5) is 4.39 Å². The third-order valence-electron chi connectivity index (χ3n) is 6.76. The lowest BCUT2D eigenvalue weighted by atomic mass is 10.0. The minimum absolute atomic E-state index is 0.00956. The van der Waals surface area contributed by atoms with E-state index in [0.29, 0.717) is 26.1 Å². The Bertz CT molecular complexity index is 1500. The molecule has 34 heavy (non-hydrogen) atoms. The van der Waals surface area contributed by atoms with Gasteiger partial charge < -0.3 is 9.47 Å². The predicted molar refractivity (Wildman–Crippen MR) is 132 cm³/mol. The maximum atomic E-state index is 13.3. The molecule has 1 aliphatic heterocycles. The Morgan fingerprint density at radius 3 is 2.50 bits per heavy atom. The largest absolute Gasteiger partial charge is 0.338 e. The lowest BCUT2D eigenvalue weighted by Crippen LogP contribution is -2.24. The van der Waals surface area contributed by atoms with E-state index in [4.69, 9.17) is 4.98 Å². The fraction of sp³-hybridized carbons (Fsp3) is 0.172. The van der Waals surface area contributed by atoms with Crippen LogP contribution >= 0.6 is 0 Å². The molecule has 0 radical (unpaired) electrons. The van der Waals surface area contributed by atoms with Crippen LogP contribution in [0.5, 0.6) is 0 Å². The lowest BCUT2D eigenvalue weighted by molar-refractivity contribution is -0.128. The zero-order valence-electron chi connectivity index (χ0n) is 18.7. The number of rotatable bonds is 5. The van der Waals surface area contributed by atoms with Gasteiger partial charge in [-0.3, -0.25) is 4.79 Å². The molecule has 5 heteroatoms. The number of hydrogen-bond acceptors (Lipinski definition) is 2. The lowest BCUT2D eigenvalue weighted by Gasteiger charge is -2.18. The number of nitrogens with zero attached hydrogens (tertiary/aromatic N) is 3. The summed E-state index contributed by atoms with van der Waals surface area (Å²) in [5.41, 5.74) is 4.19. The molecule has 2 heterocycles. The molecule has 0 bridgehead atoms. The molecule has 1 amide bonds. The van der Waals surface area contributed by atoms with Crippen molar-refractivity contribution in [3.05, 3.63) is 114 Å². The van der Waals surface area contributed by atoms with Crippen molar-refractivity contribution in [2.24, 2.45) is 0 Å². The van der Waals surface area contributed by atoms with E-state index >= 15 is 0 Å². The molecule has 0 aliphatic carbocycles. The van der Waals surface area contributed by atoms with Crippen LogP contribution in [0.25, 0.3) is 21.8 Å². The Kier molecular flexibility index (Phi) is 5.10. The normalized spacial score (nSPS) is 16.1. The molecule has 1 unspecified atom stereocenters. The molecule has 1 fully saturated rings. The zero-order chi connectivity index (χ0) is 23.1. The van der Waals surface area contributed by atoms with Crippen molar-refractivity contribution in [3.8, 4) is 0 Å². The van der Waals surface area contributed by atoms with Gasteiger partial charge in [0.05, 0.1) is 11.0 Å². The standard InChI is InChI=1S/C29H24FN3O/c30-24-14-12-20(13-15-24)17-32-18-23(16-28(32)34)29-31-26-10-3-4-11-27(26)33(29)19-22-8-5-7-21-6-1-2-9-25(21)22/h1-15,23H,16-19H2. The predicted octanol–water partition coefficient (Wildman–Crippen LogP) is 5.89. The first-order chi connectivity index (χ1) is 16.7. The topological polar surface area (TPSA) is 38.1 Å². The number of carbonyl (C=O) groups excluding carboxylic acids is 1. The minimum Gasteiger partial charge on any atom is -0.338 e. The highest BCUT2D eigenvalue weighted by Gasteiger charge is 2.34. The summed E-state index contributed by atoms with van der Waals surface area (Å²) in [5, 5.41) is 2.45. The summed E-state index contributed by atoms with van der Waals surface area (Å²) in [7, 11) is 0. The first kappa shape index (κ1) is 20.6. The van der Waals surface area contributed by atoms with Crippen LogP contribution in [0, 0.1) is 5.82 Å². The Hall–Kier alpha value is -3.99. The second-order valence-corrected chi connectivity index (χ2v) is 8.98.